The summed E-state index contributed by atoms with van der Waals surface area (Å²) in [5.74, 6) is -0.0329. The average Bonchev–Trinajstić information content (AvgIpc) is 3.08. The highest BCUT2D eigenvalue weighted by Crippen LogP contribution is 2.24. The predicted molar refractivity (Wildman–Crippen MR) is 96.6 cm³/mol. The minimum absolute atomic E-state index is 0.0107. The largest absolute Gasteiger partial charge is 0.466 e. The van der Waals surface area contributed by atoms with Crippen LogP contribution in [0.3, 0.4) is 0 Å². The molecule has 3 rings (SSSR count). The summed E-state index contributed by atoms with van der Waals surface area (Å²) in [4.78, 5) is 25.5. The molecule has 5 heteroatoms. The zero-order valence-electron chi connectivity index (χ0n) is 15.1. The molecule has 1 saturated heterocycles. The molecule has 1 amide bonds. The van der Waals surface area contributed by atoms with E-state index < -0.39 is 0 Å². The number of likely N-dealkylation sites (tertiary alicyclic amines) is 1. The number of benzene rings is 1. The van der Waals surface area contributed by atoms with Crippen LogP contribution in [-0.2, 0) is 27.2 Å². The smallest absolute Gasteiger partial charge is 0.314 e. The second-order valence-corrected chi connectivity index (χ2v) is 7.18. The van der Waals surface area contributed by atoms with Crippen LogP contribution in [0.15, 0.2) is 18.2 Å². The number of carbonyl (C=O) groups excluding carboxylic acids is 2. The van der Waals surface area contributed by atoms with Gasteiger partial charge in [-0.05, 0) is 62.3 Å². The molecule has 2 unspecified atom stereocenters. The lowest BCUT2D eigenvalue weighted by atomic mass is 9.98. The fourth-order valence-electron chi connectivity index (χ4n) is 4.00. The number of piperidine rings is 1. The van der Waals surface area contributed by atoms with E-state index in [9.17, 15) is 9.59 Å². The molecule has 0 spiro atoms. The number of ether oxygens (including phenoxy) is 1. The Morgan fingerprint density at radius 3 is 2.92 bits per heavy atom. The first-order valence-corrected chi connectivity index (χ1v) is 9.57. The van der Waals surface area contributed by atoms with Crippen LogP contribution >= 0.6 is 0 Å². The Kier molecular flexibility index (Phi) is 6.08. The quantitative estimate of drug-likeness (QED) is 0.766. The number of hydrogen-bond acceptors (Lipinski definition) is 3. The first-order chi connectivity index (χ1) is 12.2. The van der Waals surface area contributed by atoms with Crippen molar-refractivity contribution in [1.82, 2.24) is 0 Å². The summed E-state index contributed by atoms with van der Waals surface area (Å²) in [5.41, 5.74) is 3.70. The molecule has 25 heavy (non-hydrogen) atoms. The fourth-order valence-corrected chi connectivity index (χ4v) is 4.00. The molecule has 0 aromatic heterocycles. The topological polar surface area (TPSA) is 59.8 Å². The van der Waals surface area contributed by atoms with Crippen molar-refractivity contribution in [3.05, 3.63) is 29.3 Å². The van der Waals surface area contributed by atoms with Crippen molar-refractivity contribution < 1.29 is 19.2 Å². The van der Waals surface area contributed by atoms with Gasteiger partial charge in [0, 0.05) is 5.69 Å². The van der Waals surface area contributed by atoms with E-state index in [1.54, 1.807) is 0 Å². The van der Waals surface area contributed by atoms with E-state index in [-0.39, 0.29) is 17.8 Å². The molecule has 1 aromatic carbocycles. The van der Waals surface area contributed by atoms with Gasteiger partial charge in [-0.1, -0.05) is 6.07 Å². The van der Waals surface area contributed by atoms with Crippen LogP contribution in [0.25, 0.3) is 0 Å². The van der Waals surface area contributed by atoms with Crippen molar-refractivity contribution in [2.75, 3.05) is 31.6 Å². The van der Waals surface area contributed by atoms with Crippen LogP contribution in [0.5, 0.6) is 0 Å². The van der Waals surface area contributed by atoms with E-state index >= 15 is 0 Å². The molecular formula is C20H29N2O3+. The minimum atomic E-state index is -0.0812. The van der Waals surface area contributed by atoms with Crippen LogP contribution in [0.4, 0.5) is 5.69 Å². The van der Waals surface area contributed by atoms with Crippen molar-refractivity contribution in [3.8, 4) is 0 Å². The van der Waals surface area contributed by atoms with E-state index in [1.807, 2.05) is 13.0 Å². The summed E-state index contributed by atoms with van der Waals surface area (Å²) in [6.07, 6.45) is 5.90. The molecule has 1 fully saturated rings. The molecule has 2 aliphatic rings. The van der Waals surface area contributed by atoms with Crippen LogP contribution in [0.1, 0.15) is 43.7 Å². The second-order valence-electron chi connectivity index (χ2n) is 7.18. The van der Waals surface area contributed by atoms with Crippen LogP contribution in [0.2, 0.25) is 0 Å². The Morgan fingerprint density at radius 1 is 1.24 bits per heavy atom. The summed E-state index contributed by atoms with van der Waals surface area (Å²) in [6, 6.07) is 6.26. The average molecular weight is 345 g/mol. The lowest BCUT2D eigenvalue weighted by Crippen LogP contribution is -3.13. The van der Waals surface area contributed by atoms with Crippen molar-refractivity contribution in [2.45, 2.75) is 45.4 Å². The Hall–Kier alpha value is -1.88. The molecule has 2 N–H and O–H groups in total. The highest BCUT2D eigenvalue weighted by molar-refractivity contribution is 5.90. The van der Waals surface area contributed by atoms with E-state index in [0.29, 0.717) is 13.0 Å². The summed E-state index contributed by atoms with van der Waals surface area (Å²) in [6.45, 7) is 4.86. The molecule has 1 aliphatic heterocycles. The molecule has 136 valence electrons. The van der Waals surface area contributed by atoms with E-state index in [4.69, 9.17) is 4.74 Å². The van der Waals surface area contributed by atoms with Gasteiger partial charge >= 0.3 is 5.97 Å². The first-order valence-electron chi connectivity index (χ1n) is 9.57. The lowest BCUT2D eigenvalue weighted by Gasteiger charge is -2.28. The molecule has 5 nitrogen and oxygen atoms in total. The van der Waals surface area contributed by atoms with Crippen molar-refractivity contribution in [2.24, 2.45) is 5.92 Å². The third-order valence-corrected chi connectivity index (χ3v) is 5.33. The van der Waals surface area contributed by atoms with Gasteiger partial charge in [-0.15, -0.1) is 0 Å². The zero-order chi connectivity index (χ0) is 17.6. The Labute approximate surface area is 149 Å². The van der Waals surface area contributed by atoms with Gasteiger partial charge in [-0.3, -0.25) is 9.59 Å². The molecule has 1 aromatic rings. The normalized spacial score (nSPS) is 22.3. The van der Waals surface area contributed by atoms with E-state index in [2.05, 4.69) is 17.4 Å². The van der Waals surface area contributed by atoms with Gasteiger partial charge in [-0.2, -0.15) is 0 Å². The summed E-state index contributed by atoms with van der Waals surface area (Å²) in [7, 11) is 0. The number of quaternary nitrogens is 1. The van der Waals surface area contributed by atoms with E-state index in [0.717, 1.165) is 51.0 Å². The Morgan fingerprint density at radius 2 is 2.08 bits per heavy atom. The Balaban J connectivity index is 1.45. The molecule has 0 radical (unpaired) electrons. The highest BCUT2D eigenvalue weighted by atomic mass is 16.5. The van der Waals surface area contributed by atoms with Gasteiger partial charge in [0.2, 0.25) is 5.91 Å². The maximum absolute atomic E-state index is 12.3. The summed E-state index contributed by atoms with van der Waals surface area (Å²) in [5, 5.41) is 3.02. The Bertz CT molecular complexity index is 629. The lowest BCUT2D eigenvalue weighted by molar-refractivity contribution is -0.906. The van der Waals surface area contributed by atoms with Crippen LogP contribution < -0.4 is 10.2 Å². The summed E-state index contributed by atoms with van der Waals surface area (Å²) >= 11 is 0. The number of amides is 1. The number of nitrogens with one attached hydrogen (secondary N) is 2. The minimum Gasteiger partial charge on any atom is -0.466 e. The summed E-state index contributed by atoms with van der Waals surface area (Å²) < 4.78 is 5.14. The monoisotopic (exact) mass is 345 g/mol. The maximum atomic E-state index is 12.3. The fraction of sp³-hybridized carbons (Fsp3) is 0.600. The SMILES string of the molecule is CCOC(=O)C1CCC[NH+](CCC(=O)Nc2ccc3c(c2)CCC3)C1. The van der Waals surface area contributed by atoms with Crippen molar-refractivity contribution in [3.63, 3.8) is 0 Å². The molecule has 1 heterocycles. The molecule has 2 atom stereocenters. The number of carbonyl (C=O) groups is 2. The van der Waals surface area contributed by atoms with Gasteiger partial charge in [-0.25, -0.2) is 0 Å². The number of fused-ring (bicyclic) bond motifs is 1. The highest BCUT2D eigenvalue weighted by Gasteiger charge is 2.29. The standard InChI is InChI=1S/C20H28N2O3/c1-2-25-20(24)17-7-4-11-22(14-17)12-10-19(23)21-18-9-8-15-5-3-6-16(15)13-18/h8-9,13,17H,2-7,10-12,14H2,1H3,(H,21,23)/p+1. The number of rotatable bonds is 6. The van der Waals surface area contributed by atoms with Gasteiger partial charge in [0.1, 0.15) is 5.92 Å². The van der Waals surface area contributed by atoms with Gasteiger partial charge in [0.05, 0.1) is 32.7 Å². The van der Waals surface area contributed by atoms with Crippen LogP contribution in [0, 0.1) is 5.92 Å². The van der Waals surface area contributed by atoms with Gasteiger partial charge in [0.25, 0.3) is 0 Å². The maximum Gasteiger partial charge on any atom is 0.314 e. The third-order valence-electron chi connectivity index (χ3n) is 5.33. The first kappa shape index (κ1) is 17.9. The van der Waals surface area contributed by atoms with E-state index in [1.165, 1.54) is 22.4 Å². The second kappa shape index (κ2) is 8.48. The van der Waals surface area contributed by atoms with Crippen molar-refractivity contribution in [1.29, 1.82) is 0 Å². The molecular weight excluding hydrogens is 316 g/mol. The number of esters is 1. The van der Waals surface area contributed by atoms with Crippen molar-refractivity contribution >= 4 is 17.6 Å². The number of aryl methyl sites for hydroxylation is 2. The van der Waals surface area contributed by atoms with Gasteiger partial charge < -0.3 is 15.0 Å². The number of anilines is 1. The van der Waals surface area contributed by atoms with Crippen LogP contribution in [-0.4, -0.2) is 38.1 Å². The predicted octanol–water partition coefficient (Wildman–Crippen LogP) is 1.36. The number of hydrogen-bond donors (Lipinski definition) is 2. The molecule has 0 saturated carbocycles. The zero-order valence-corrected chi connectivity index (χ0v) is 15.1. The molecule has 1 aliphatic carbocycles. The third kappa shape index (κ3) is 4.82. The molecule has 0 bridgehead atoms. The van der Waals surface area contributed by atoms with Gasteiger partial charge in [0.15, 0.2) is 0 Å².